The monoisotopic (exact) mass is 166 g/mol. The van der Waals surface area contributed by atoms with E-state index >= 15 is 0 Å². The van der Waals surface area contributed by atoms with Crippen LogP contribution in [0.3, 0.4) is 0 Å². The molecule has 0 aliphatic carbocycles. The van der Waals surface area contributed by atoms with E-state index in [1.165, 1.54) is 6.33 Å². The first-order valence-corrected chi connectivity index (χ1v) is 3.79. The van der Waals surface area contributed by atoms with Crippen LogP contribution in [0.1, 0.15) is 5.69 Å². The Morgan fingerprint density at radius 1 is 1.45 bits per heavy atom. The maximum absolute atomic E-state index is 4.13. The Morgan fingerprint density at radius 3 is 3.18 bits per heavy atom. The van der Waals surface area contributed by atoms with Crippen LogP contribution < -0.4 is 0 Å². The molecule has 0 unspecified atom stereocenters. The summed E-state index contributed by atoms with van der Waals surface area (Å²) in [5, 5.41) is 7.55. The molecule has 0 aliphatic rings. The summed E-state index contributed by atoms with van der Waals surface area (Å²) in [4.78, 5) is 8.04. The van der Waals surface area contributed by atoms with Gasteiger partial charge in [-0.2, -0.15) is 17.7 Å². The van der Waals surface area contributed by atoms with E-state index < -0.39 is 0 Å². The second kappa shape index (κ2) is 2.50. The van der Waals surface area contributed by atoms with Crippen molar-refractivity contribution in [3.8, 4) is 0 Å². The van der Waals surface area contributed by atoms with Crippen LogP contribution in [-0.4, -0.2) is 20.2 Å². The lowest BCUT2D eigenvalue weighted by molar-refractivity contribution is 1.08. The van der Waals surface area contributed by atoms with Gasteiger partial charge in [-0.1, -0.05) is 0 Å². The van der Waals surface area contributed by atoms with Gasteiger partial charge in [0.25, 0.3) is 0 Å². The Labute approximate surface area is 68.5 Å². The molecule has 56 valence electrons. The van der Waals surface area contributed by atoms with Gasteiger partial charge in [0.05, 0.1) is 17.3 Å². The van der Waals surface area contributed by atoms with Gasteiger partial charge in [-0.25, -0.2) is 9.97 Å². The van der Waals surface area contributed by atoms with Gasteiger partial charge in [-0.15, -0.1) is 0 Å². The summed E-state index contributed by atoms with van der Waals surface area (Å²) >= 11 is 4.13. The molecule has 0 bridgehead atoms. The number of aromatic amines is 1. The molecular formula is C6H6N4S. The number of nitrogens with one attached hydrogen (secondary N) is 1. The number of aromatic nitrogens is 4. The number of hydrogen-bond donors (Lipinski definition) is 2. The van der Waals surface area contributed by atoms with Crippen molar-refractivity contribution >= 4 is 23.7 Å². The number of thiol groups is 1. The zero-order valence-electron chi connectivity index (χ0n) is 5.65. The summed E-state index contributed by atoms with van der Waals surface area (Å²) in [5.74, 6) is 0.610. The fourth-order valence-electron chi connectivity index (χ4n) is 0.941. The highest BCUT2D eigenvalue weighted by Gasteiger charge is 2.01. The topological polar surface area (TPSA) is 54.5 Å². The molecule has 0 radical (unpaired) electrons. The number of nitrogens with zero attached hydrogens (tertiary/aromatic N) is 3. The normalized spacial score (nSPS) is 10.6. The Balaban J connectivity index is 2.79. The minimum atomic E-state index is 0.610. The van der Waals surface area contributed by atoms with E-state index in [4.69, 9.17) is 0 Å². The van der Waals surface area contributed by atoms with Gasteiger partial charge in [-0.3, -0.25) is 5.10 Å². The third-order valence-electron chi connectivity index (χ3n) is 1.48. The summed E-state index contributed by atoms with van der Waals surface area (Å²) in [6.45, 7) is 0. The number of hydrogen-bond acceptors (Lipinski definition) is 4. The molecule has 1 N–H and O–H groups in total. The highest BCUT2D eigenvalue weighted by Crippen LogP contribution is 2.11. The van der Waals surface area contributed by atoms with E-state index in [2.05, 4.69) is 32.8 Å². The highest BCUT2D eigenvalue weighted by molar-refractivity contribution is 7.79. The van der Waals surface area contributed by atoms with Crippen LogP contribution in [0.25, 0.3) is 11.0 Å². The molecule has 0 saturated carbocycles. The smallest absolute Gasteiger partial charge is 0.158 e. The van der Waals surface area contributed by atoms with Gasteiger partial charge in [0, 0.05) is 5.75 Å². The van der Waals surface area contributed by atoms with Gasteiger partial charge >= 0.3 is 0 Å². The van der Waals surface area contributed by atoms with E-state index in [1.807, 2.05) is 0 Å². The first-order valence-electron chi connectivity index (χ1n) is 3.15. The van der Waals surface area contributed by atoms with Crippen LogP contribution in [-0.2, 0) is 5.75 Å². The van der Waals surface area contributed by atoms with Crippen molar-refractivity contribution in [2.45, 2.75) is 5.75 Å². The third-order valence-corrected chi connectivity index (χ3v) is 1.78. The van der Waals surface area contributed by atoms with Crippen molar-refractivity contribution in [3.05, 3.63) is 18.2 Å². The molecule has 5 heteroatoms. The van der Waals surface area contributed by atoms with Crippen molar-refractivity contribution in [3.63, 3.8) is 0 Å². The van der Waals surface area contributed by atoms with Crippen LogP contribution in [0.2, 0.25) is 0 Å². The molecule has 0 fully saturated rings. The Morgan fingerprint density at radius 2 is 2.36 bits per heavy atom. The molecule has 2 heterocycles. The zero-order valence-corrected chi connectivity index (χ0v) is 6.55. The minimum absolute atomic E-state index is 0.610. The fraction of sp³-hybridized carbons (Fsp3) is 0.167. The van der Waals surface area contributed by atoms with Gasteiger partial charge in [0.2, 0.25) is 0 Å². The zero-order chi connectivity index (χ0) is 7.68. The van der Waals surface area contributed by atoms with E-state index in [9.17, 15) is 0 Å². The summed E-state index contributed by atoms with van der Waals surface area (Å²) in [6, 6.07) is 0. The van der Waals surface area contributed by atoms with Crippen molar-refractivity contribution in [2.24, 2.45) is 0 Å². The second-order valence-corrected chi connectivity index (χ2v) is 2.43. The molecular weight excluding hydrogens is 160 g/mol. The largest absolute Gasteiger partial charge is 0.261 e. The quantitative estimate of drug-likeness (QED) is 0.615. The van der Waals surface area contributed by atoms with Crippen molar-refractivity contribution in [1.29, 1.82) is 0 Å². The van der Waals surface area contributed by atoms with Crippen LogP contribution in [0.15, 0.2) is 12.5 Å². The number of H-pyrrole nitrogens is 1. The lowest BCUT2D eigenvalue weighted by Gasteiger charge is -1.93. The molecule has 0 atom stereocenters. The number of rotatable bonds is 1. The fourth-order valence-corrected chi connectivity index (χ4v) is 1.19. The van der Waals surface area contributed by atoms with E-state index in [-0.39, 0.29) is 0 Å². The first kappa shape index (κ1) is 6.60. The Kier molecular flexibility index (Phi) is 1.50. The maximum atomic E-state index is 4.13. The van der Waals surface area contributed by atoms with Crippen molar-refractivity contribution < 1.29 is 0 Å². The molecule has 2 aromatic heterocycles. The van der Waals surface area contributed by atoms with Gasteiger partial charge in [-0.05, 0) is 0 Å². The van der Waals surface area contributed by atoms with Gasteiger partial charge < -0.3 is 0 Å². The second-order valence-electron chi connectivity index (χ2n) is 2.11. The SMILES string of the molecule is SCc1ncnc2[nH]ncc12. The predicted octanol–water partition coefficient (Wildman–Crippen LogP) is 0.783. The van der Waals surface area contributed by atoms with E-state index in [0.717, 1.165) is 16.7 Å². The van der Waals surface area contributed by atoms with Crippen molar-refractivity contribution in [1.82, 2.24) is 20.2 Å². The van der Waals surface area contributed by atoms with Gasteiger partial charge in [0.1, 0.15) is 6.33 Å². The Hall–Kier alpha value is -1.10. The average Bonchev–Trinajstić information content (AvgIpc) is 2.50. The van der Waals surface area contributed by atoms with Crippen LogP contribution in [0, 0.1) is 0 Å². The summed E-state index contributed by atoms with van der Waals surface area (Å²) < 4.78 is 0. The first-order chi connectivity index (χ1) is 5.42. The lowest BCUT2D eigenvalue weighted by atomic mass is 10.3. The minimum Gasteiger partial charge on any atom is -0.261 e. The van der Waals surface area contributed by atoms with Crippen molar-refractivity contribution in [2.75, 3.05) is 0 Å². The molecule has 0 aromatic carbocycles. The maximum Gasteiger partial charge on any atom is 0.158 e. The Bertz CT molecular complexity index is 369. The molecule has 2 aromatic rings. The number of fused-ring (bicyclic) bond motifs is 1. The molecule has 2 rings (SSSR count). The van der Waals surface area contributed by atoms with Gasteiger partial charge in [0.15, 0.2) is 5.65 Å². The standard InChI is InChI=1S/C6H6N4S/c11-2-5-4-1-9-10-6(4)8-3-7-5/h1,3,11H,2H2,(H,7,8,9,10). The molecule has 0 saturated heterocycles. The third kappa shape index (κ3) is 0.970. The van der Waals surface area contributed by atoms with E-state index in [0.29, 0.717) is 5.75 Å². The molecule has 11 heavy (non-hydrogen) atoms. The predicted molar refractivity (Wildman–Crippen MR) is 44.4 cm³/mol. The highest BCUT2D eigenvalue weighted by atomic mass is 32.1. The molecule has 4 nitrogen and oxygen atoms in total. The average molecular weight is 166 g/mol. The van der Waals surface area contributed by atoms with Crippen LogP contribution >= 0.6 is 12.6 Å². The summed E-state index contributed by atoms with van der Waals surface area (Å²) in [5.41, 5.74) is 1.68. The van der Waals surface area contributed by atoms with Crippen LogP contribution in [0.4, 0.5) is 0 Å². The molecule has 0 spiro atoms. The van der Waals surface area contributed by atoms with E-state index in [1.54, 1.807) is 6.20 Å². The lowest BCUT2D eigenvalue weighted by Crippen LogP contribution is -1.87. The molecule has 0 aliphatic heterocycles. The summed E-state index contributed by atoms with van der Waals surface area (Å²) in [7, 11) is 0. The molecule has 0 amide bonds. The van der Waals surface area contributed by atoms with Crippen LogP contribution in [0.5, 0.6) is 0 Å². The summed E-state index contributed by atoms with van der Waals surface area (Å²) in [6.07, 6.45) is 3.22.